The first-order valence-electron chi connectivity index (χ1n) is 5.69. The van der Waals surface area contributed by atoms with Gasteiger partial charge in [-0.15, -0.1) is 0 Å². The van der Waals surface area contributed by atoms with Gasteiger partial charge < -0.3 is 15.2 Å². The Bertz CT molecular complexity index is 661. The van der Waals surface area contributed by atoms with Gasteiger partial charge in [0.05, 0.1) is 12.8 Å². The van der Waals surface area contributed by atoms with Crippen LogP contribution in [0.3, 0.4) is 0 Å². The number of halogens is 1. The second-order valence-corrected chi connectivity index (χ2v) is 4.91. The van der Waals surface area contributed by atoms with Gasteiger partial charge >= 0.3 is 5.97 Å². The number of nitrogens with one attached hydrogen (secondary N) is 1. The van der Waals surface area contributed by atoms with Gasteiger partial charge in [-0.25, -0.2) is 14.8 Å². The molecule has 0 spiro atoms. The summed E-state index contributed by atoms with van der Waals surface area (Å²) in [5, 5.41) is 12.0. The highest BCUT2D eigenvalue weighted by atomic mass is 79.9. The van der Waals surface area contributed by atoms with Gasteiger partial charge in [-0.3, -0.25) is 0 Å². The first-order chi connectivity index (χ1) is 9.49. The Labute approximate surface area is 124 Å². The zero-order valence-corrected chi connectivity index (χ0v) is 12.4. The number of carboxylic acid groups (broad SMARTS) is 1. The molecule has 2 rings (SSSR count). The largest absolute Gasteiger partial charge is 0.495 e. The minimum Gasteiger partial charge on any atom is -0.495 e. The fourth-order valence-corrected chi connectivity index (χ4v) is 1.99. The molecule has 7 heteroatoms. The molecule has 2 aromatic rings. The Kier molecular flexibility index (Phi) is 4.19. The first kappa shape index (κ1) is 14.3. The highest BCUT2D eigenvalue weighted by Crippen LogP contribution is 2.29. The monoisotopic (exact) mass is 337 g/mol. The third-order valence-electron chi connectivity index (χ3n) is 2.48. The van der Waals surface area contributed by atoms with E-state index in [4.69, 9.17) is 9.84 Å². The van der Waals surface area contributed by atoms with Gasteiger partial charge in [0, 0.05) is 10.2 Å². The molecular weight excluding hydrogens is 326 g/mol. The van der Waals surface area contributed by atoms with E-state index in [0.29, 0.717) is 17.1 Å². The van der Waals surface area contributed by atoms with Crippen LogP contribution < -0.4 is 10.1 Å². The van der Waals surface area contributed by atoms with Crippen LogP contribution in [0.1, 0.15) is 16.2 Å². The number of methoxy groups -OCH3 is 1. The normalized spacial score (nSPS) is 10.2. The van der Waals surface area contributed by atoms with Crippen molar-refractivity contribution in [1.82, 2.24) is 9.97 Å². The van der Waals surface area contributed by atoms with Gasteiger partial charge in [-0.1, -0.05) is 15.9 Å². The number of aromatic carboxylic acids is 1. The molecule has 2 N–H and O–H groups in total. The van der Waals surface area contributed by atoms with Crippen molar-refractivity contribution in [3.63, 3.8) is 0 Å². The predicted octanol–water partition coefficient (Wildman–Crippen LogP) is 3.00. The molecule has 0 fully saturated rings. The summed E-state index contributed by atoms with van der Waals surface area (Å²) in [4.78, 5) is 19.1. The van der Waals surface area contributed by atoms with Gasteiger partial charge in [0.25, 0.3) is 0 Å². The lowest BCUT2D eigenvalue weighted by Crippen LogP contribution is -2.07. The molecule has 1 heterocycles. The topological polar surface area (TPSA) is 84.3 Å². The van der Waals surface area contributed by atoms with Crippen molar-refractivity contribution in [2.45, 2.75) is 6.92 Å². The number of carbonyl (C=O) groups is 1. The summed E-state index contributed by atoms with van der Waals surface area (Å²) in [5.74, 6) is -0.284. The third kappa shape index (κ3) is 3.24. The van der Waals surface area contributed by atoms with Gasteiger partial charge in [0.15, 0.2) is 5.69 Å². The van der Waals surface area contributed by atoms with Crippen molar-refractivity contribution in [2.24, 2.45) is 0 Å². The van der Waals surface area contributed by atoms with Crippen LogP contribution in [0, 0.1) is 6.92 Å². The Morgan fingerprint density at radius 1 is 1.35 bits per heavy atom. The van der Waals surface area contributed by atoms with Crippen LogP contribution in [-0.4, -0.2) is 28.2 Å². The highest BCUT2D eigenvalue weighted by Gasteiger charge is 2.11. The van der Waals surface area contributed by atoms with Crippen molar-refractivity contribution in [1.29, 1.82) is 0 Å². The summed E-state index contributed by atoms with van der Waals surface area (Å²) in [6, 6.07) is 6.82. The van der Waals surface area contributed by atoms with E-state index in [9.17, 15) is 4.79 Å². The molecule has 0 atom stereocenters. The first-order valence-corrected chi connectivity index (χ1v) is 6.48. The van der Waals surface area contributed by atoms with Crippen LogP contribution in [0.5, 0.6) is 5.75 Å². The van der Waals surface area contributed by atoms with E-state index < -0.39 is 5.97 Å². The standard InChI is InChI=1S/C13H12BrN3O3/c1-7-5-10(12(18)19)17-13(15-7)16-9-6-8(14)3-4-11(9)20-2/h3-6H,1-2H3,(H,18,19)(H,15,16,17). The minimum absolute atomic E-state index is 0.0611. The summed E-state index contributed by atoms with van der Waals surface area (Å²) in [6.07, 6.45) is 0. The van der Waals surface area contributed by atoms with Gasteiger partial charge in [0.1, 0.15) is 5.75 Å². The van der Waals surface area contributed by atoms with Crippen LogP contribution >= 0.6 is 15.9 Å². The number of carboxylic acids is 1. The van der Waals surface area contributed by atoms with Crippen molar-refractivity contribution >= 4 is 33.5 Å². The lowest BCUT2D eigenvalue weighted by molar-refractivity contribution is 0.0690. The fourth-order valence-electron chi connectivity index (χ4n) is 1.63. The van der Waals surface area contributed by atoms with Crippen LogP contribution in [0.2, 0.25) is 0 Å². The van der Waals surface area contributed by atoms with Crippen LogP contribution in [0.25, 0.3) is 0 Å². The maximum Gasteiger partial charge on any atom is 0.354 e. The second-order valence-electron chi connectivity index (χ2n) is 3.99. The SMILES string of the molecule is COc1ccc(Br)cc1Nc1nc(C)cc(C(=O)O)n1. The molecular formula is C13H12BrN3O3. The van der Waals surface area contributed by atoms with E-state index in [1.54, 1.807) is 26.2 Å². The lowest BCUT2D eigenvalue weighted by atomic mass is 10.3. The van der Waals surface area contributed by atoms with Crippen LogP contribution in [0.4, 0.5) is 11.6 Å². The number of benzene rings is 1. The number of hydrogen-bond donors (Lipinski definition) is 2. The summed E-state index contributed by atoms with van der Waals surface area (Å²) in [5.41, 5.74) is 1.15. The molecule has 104 valence electrons. The average Bonchev–Trinajstić information content (AvgIpc) is 2.38. The van der Waals surface area contributed by atoms with Crippen molar-refractivity contribution < 1.29 is 14.6 Å². The quantitative estimate of drug-likeness (QED) is 0.892. The molecule has 0 saturated carbocycles. The highest BCUT2D eigenvalue weighted by molar-refractivity contribution is 9.10. The number of nitrogens with zero attached hydrogens (tertiary/aromatic N) is 2. The van der Waals surface area contributed by atoms with E-state index in [-0.39, 0.29) is 11.6 Å². The molecule has 0 aliphatic carbocycles. The second kappa shape index (κ2) is 5.87. The summed E-state index contributed by atoms with van der Waals surface area (Å²) < 4.78 is 6.08. The van der Waals surface area contributed by atoms with E-state index in [1.807, 2.05) is 6.07 Å². The number of aryl methyl sites for hydroxylation is 1. The van der Waals surface area contributed by atoms with Crippen molar-refractivity contribution in [3.8, 4) is 5.75 Å². The van der Waals surface area contributed by atoms with Crippen molar-refractivity contribution in [3.05, 3.63) is 40.1 Å². The molecule has 0 unspecified atom stereocenters. The Balaban J connectivity index is 2.39. The number of anilines is 2. The fraction of sp³-hybridized carbons (Fsp3) is 0.154. The number of ether oxygens (including phenoxy) is 1. The molecule has 1 aromatic carbocycles. The predicted molar refractivity (Wildman–Crippen MR) is 77.7 cm³/mol. The Morgan fingerprint density at radius 2 is 2.10 bits per heavy atom. The average molecular weight is 338 g/mol. The number of rotatable bonds is 4. The van der Waals surface area contributed by atoms with Gasteiger partial charge in [-0.05, 0) is 31.2 Å². The molecule has 0 saturated heterocycles. The van der Waals surface area contributed by atoms with Gasteiger partial charge in [0.2, 0.25) is 5.95 Å². The van der Waals surface area contributed by atoms with E-state index >= 15 is 0 Å². The van der Waals surface area contributed by atoms with Gasteiger partial charge in [-0.2, -0.15) is 0 Å². The zero-order chi connectivity index (χ0) is 14.7. The summed E-state index contributed by atoms with van der Waals surface area (Å²) >= 11 is 3.36. The summed E-state index contributed by atoms with van der Waals surface area (Å²) in [6.45, 7) is 1.71. The smallest absolute Gasteiger partial charge is 0.354 e. The molecule has 0 bridgehead atoms. The van der Waals surface area contributed by atoms with E-state index in [2.05, 4.69) is 31.2 Å². The number of aromatic nitrogens is 2. The Morgan fingerprint density at radius 3 is 2.75 bits per heavy atom. The maximum absolute atomic E-state index is 11.0. The third-order valence-corrected chi connectivity index (χ3v) is 2.97. The van der Waals surface area contributed by atoms with Crippen molar-refractivity contribution in [2.75, 3.05) is 12.4 Å². The Hall–Kier alpha value is -2.15. The molecule has 0 aliphatic rings. The lowest BCUT2D eigenvalue weighted by Gasteiger charge is -2.11. The molecule has 0 radical (unpaired) electrons. The van der Waals surface area contributed by atoms with E-state index in [0.717, 1.165) is 4.47 Å². The maximum atomic E-state index is 11.0. The molecule has 1 aromatic heterocycles. The molecule has 20 heavy (non-hydrogen) atoms. The van der Waals surface area contributed by atoms with E-state index in [1.165, 1.54) is 6.07 Å². The number of hydrogen-bond acceptors (Lipinski definition) is 5. The van der Waals surface area contributed by atoms with Crippen LogP contribution in [-0.2, 0) is 0 Å². The molecule has 0 amide bonds. The molecule has 0 aliphatic heterocycles. The minimum atomic E-state index is -1.10. The molecule has 6 nitrogen and oxygen atoms in total. The zero-order valence-electron chi connectivity index (χ0n) is 10.8. The summed E-state index contributed by atoms with van der Waals surface area (Å²) in [7, 11) is 1.55. The van der Waals surface area contributed by atoms with Crippen LogP contribution in [0.15, 0.2) is 28.7 Å².